The van der Waals surface area contributed by atoms with E-state index in [1.54, 1.807) is 6.20 Å². The Hall–Kier alpha value is -3.23. The molecule has 41 heavy (non-hydrogen) atoms. The fraction of sp³-hybridized carbons (Fsp3) is 0.485. The lowest BCUT2D eigenvalue weighted by Crippen LogP contribution is -2.46. The highest BCUT2D eigenvalue weighted by molar-refractivity contribution is 6.43. The van der Waals surface area contributed by atoms with Gasteiger partial charge >= 0.3 is 7.12 Å². The van der Waals surface area contributed by atoms with Crippen LogP contribution in [0.2, 0.25) is 6.32 Å². The maximum absolute atomic E-state index is 13.5. The Kier molecular flexibility index (Phi) is 8.53. The first-order chi connectivity index (χ1) is 19.6. The van der Waals surface area contributed by atoms with Crippen molar-refractivity contribution < 1.29 is 24.4 Å². The number of fused-ring (bicyclic) bond motifs is 3. The highest BCUT2D eigenvalue weighted by Crippen LogP contribution is 2.52. The SMILES string of the molecule is CCCN1C(=O)[C@@H]2[C@@H](CC(C(C)C)=C3[C@@H](CC/C(=C/c4cc(C)c(O)c(C)c4)c4ccccn4)OB(O)C[C@@H]32)C1=O. The van der Waals surface area contributed by atoms with Crippen molar-refractivity contribution in [2.75, 3.05) is 6.54 Å². The highest BCUT2D eigenvalue weighted by atomic mass is 16.5. The highest BCUT2D eigenvalue weighted by Gasteiger charge is 2.57. The lowest BCUT2D eigenvalue weighted by atomic mass is 9.57. The van der Waals surface area contributed by atoms with Crippen LogP contribution in [0.15, 0.2) is 47.7 Å². The molecule has 216 valence electrons. The number of aromatic hydroxyl groups is 1. The topological polar surface area (TPSA) is 100.0 Å². The van der Waals surface area contributed by atoms with Crippen molar-refractivity contribution >= 4 is 30.6 Å². The summed E-state index contributed by atoms with van der Waals surface area (Å²) in [4.78, 5) is 32.9. The van der Waals surface area contributed by atoms with Crippen molar-refractivity contribution in [3.63, 3.8) is 0 Å². The van der Waals surface area contributed by atoms with E-state index >= 15 is 0 Å². The van der Waals surface area contributed by atoms with Gasteiger partial charge in [0.25, 0.3) is 0 Å². The lowest BCUT2D eigenvalue weighted by molar-refractivity contribution is -0.140. The molecule has 2 saturated heterocycles. The van der Waals surface area contributed by atoms with E-state index in [0.717, 1.165) is 40.0 Å². The largest absolute Gasteiger partial charge is 0.507 e. The minimum atomic E-state index is -0.992. The van der Waals surface area contributed by atoms with Crippen LogP contribution in [0.25, 0.3) is 11.6 Å². The average molecular weight is 557 g/mol. The molecule has 0 spiro atoms. The summed E-state index contributed by atoms with van der Waals surface area (Å²) < 4.78 is 6.22. The van der Waals surface area contributed by atoms with Crippen LogP contribution in [0, 0.1) is 37.5 Å². The van der Waals surface area contributed by atoms with E-state index in [2.05, 4.69) is 24.9 Å². The van der Waals surface area contributed by atoms with Crippen molar-refractivity contribution in [1.29, 1.82) is 0 Å². The van der Waals surface area contributed by atoms with Crippen LogP contribution in [-0.2, 0) is 14.2 Å². The summed E-state index contributed by atoms with van der Waals surface area (Å²) >= 11 is 0. The zero-order valence-electron chi connectivity index (χ0n) is 24.8. The van der Waals surface area contributed by atoms with Gasteiger partial charge in [0.2, 0.25) is 11.8 Å². The van der Waals surface area contributed by atoms with Gasteiger partial charge in [-0.3, -0.25) is 19.5 Å². The number of carbonyl (C=O) groups excluding carboxylic acids is 2. The van der Waals surface area contributed by atoms with E-state index in [1.165, 1.54) is 10.5 Å². The van der Waals surface area contributed by atoms with Gasteiger partial charge in [0.15, 0.2) is 0 Å². The number of carbonyl (C=O) groups is 2. The molecule has 2 aromatic rings. The number of pyridine rings is 1. The third-order valence-electron chi connectivity index (χ3n) is 9.00. The number of nitrogens with zero attached hydrogens (tertiary/aromatic N) is 2. The van der Waals surface area contributed by atoms with Crippen LogP contribution in [-0.4, -0.2) is 51.6 Å². The molecule has 0 unspecified atom stereocenters. The number of rotatable bonds is 8. The summed E-state index contributed by atoms with van der Waals surface area (Å²) in [7, 11) is -0.992. The van der Waals surface area contributed by atoms with Gasteiger partial charge in [0, 0.05) is 12.7 Å². The van der Waals surface area contributed by atoms with Crippen molar-refractivity contribution in [3.05, 3.63) is 70.1 Å². The Balaban J connectivity index is 1.49. The van der Waals surface area contributed by atoms with Gasteiger partial charge < -0.3 is 14.8 Å². The van der Waals surface area contributed by atoms with E-state index in [0.29, 0.717) is 37.9 Å². The van der Waals surface area contributed by atoms with E-state index < -0.39 is 13.0 Å². The summed E-state index contributed by atoms with van der Waals surface area (Å²) in [6.45, 7) is 10.5. The van der Waals surface area contributed by atoms with E-state index in [-0.39, 0.29) is 35.7 Å². The maximum Gasteiger partial charge on any atom is 0.455 e. The Morgan fingerprint density at radius 1 is 1.17 bits per heavy atom. The molecule has 7 nitrogen and oxygen atoms in total. The molecule has 3 heterocycles. The predicted octanol–water partition coefficient (Wildman–Crippen LogP) is 5.59. The number of phenols is 1. The Labute approximate surface area is 243 Å². The molecule has 2 fully saturated rings. The van der Waals surface area contributed by atoms with Gasteiger partial charge in [-0.15, -0.1) is 0 Å². The third-order valence-corrected chi connectivity index (χ3v) is 9.00. The fourth-order valence-corrected chi connectivity index (χ4v) is 7.15. The van der Waals surface area contributed by atoms with Gasteiger partial charge in [-0.2, -0.15) is 0 Å². The standard InChI is InChI=1S/C33H41BN2O5/c1-6-13-36-32(38)25-17-24(19(2)3)29-26(30(25)33(36)39)18-34(40)41-28(29)11-10-23(27-9-7-8-12-35-27)16-22-14-20(4)31(37)21(5)15-22/h7-9,12,14-16,19,25-26,28,30,37,40H,6,10-11,13,17-18H2,1-5H3/b23-16-/t25-,26+,28-,30-/m1/s1. The minimum Gasteiger partial charge on any atom is -0.507 e. The van der Waals surface area contributed by atoms with Crippen LogP contribution < -0.4 is 0 Å². The number of benzene rings is 1. The first kappa shape index (κ1) is 29.3. The minimum absolute atomic E-state index is 0.0589. The average Bonchev–Trinajstić information content (AvgIpc) is 3.18. The van der Waals surface area contributed by atoms with E-state index in [9.17, 15) is 19.7 Å². The lowest BCUT2D eigenvalue weighted by Gasteiger charge is -2.44. The van der Waals surface area contributed by atoms with E-state index in [4.69, 9.17) is 4.65 Å². The summed E-state index contributed by atoms with van der Waals surface area (Å²) in [5, 5.41) is 21.2. The van der Waals surface area contributed by atoms with Crippen LogP contribution >= 0.6 is 0 Å². The Bertz CT molecular complexity index is 1360. The molecule has 3 aliphatic rings. The normalized spacial score (nSPS) is 24.8. The molecule has 8 heteroatoms. The summed E-state index contributed by atoms with van der Waals surface area (Å²) in [5.74, 6) is -0.631. The predicted molar refractivity (Wildman–Crippen MR) is 161 cm³/mol. The number of likely N-dealkylation sites (tertiary alicyclic amines) is 1. The molecule has 1 aromatic carbocycles. The van der Waals surface area contributed by atoms with Crippen LogP contribution in [0.1, 0.15) is 68.8 Å². The number of imide groups is 1. The van der Waals surface area contributed by atoms with Gasteiger partial charge in [-0.1, -0.05) is 32.4 Å². The number of hydrogen-bond donors (Lipinski definition) is 2. The summed E-state index contributed by atoms with van der Waals surface area (Å²) in [6, 6.07) is 9.77. The second-order valence-electron chi connectivity index (χ2n) is 12.1. The third kappa shape index (κ3) is 5.64. The fourth-order valence-electron chi connectivity index (χ4n) is 7.15. The van der Waals surface area contributed by atoms with Crippen molar-refractivity contribution in [1.82, 2.24) is 9.88 Å². The van der Waals surface area contributed by atoms with Crippen molar-refractivity contribution in [2.24, 2.45) is 23.7 Å². The van der Waals surface area contributed by atoms with E-state index in [1.807, 2.05) is 51.1 Å². The van der Waals surface area contributed by atoms with Crippen LogP contribution in [0.3, 0.4) is 0 Å². The van der Waals surface area contributed by atoms with Crippen molar-refractivity contribution in [3.8, 4) is 5.75 Å². The number of phenolic OH excluding ortho intramolecular Hbond substituents is 1. The summed E-state index contributed by atoms with van der Waals surface area (Å²) in [6.07, 6.45) is 6.40. The maximum atomic E-state index is 13.5. The van der Waals surface area contributed by atoms with Gasteiger partial charge in [0.05, 0.1) is 23.6 Å². The number of allylic oxidation sites excluding steroid dienone is 2. The Morgan fingerprint density at radius 2 is 1.90 bits per heavy atom. The zero-order chi connectivity index (χ0) is 29.4. The molecule has 2 amide bonds. The van der Waals surface area contributed by atoms with Gasteiger partial charge in [-0.05, 0) is 116 Å². The molecule has 0 radical (unpaired) electrons. The first-order valence-corrected chi connectivity index (χ1v) is 14.9. The number of aromatic nitrogens is 1. The Morgan fingerprint density at radius 3 is 2.54 bits per heavy atom. The van der Waals surface area contributed by atoms with Crippen LogP contribution in [0.4, 0.5) is 0 Å². The molecule has 2 aliphatic heterocycles. The molecule has 4 atom stereocenters. The molecule has 1 aliphatic carbocycles. The molecule has 5 rings (SSSR count). The monoisotopic (exact) mass is 556 g/mol. The second-order valence-corrected chi connectivity index (χ2v) is 12.1. The molecule has 1 aromatic heterocycles. The van der Waals surface area contributed by atoms with Crippen LogP contribution in [0.5, 0.6) is 5.75 Å². The molecular formula is C33H41BN2O5. The number of aryl methyl sites for hydroxylation is 2. The second kappa shape index (κ2) is 11.9. The quantitative estimate of drug-likeness (QED) is 0.250. The summed E-state index contributed by atoms with van der Waals surface area (Å²) in [5.41, 5.74) is 6.80. The number of hydrogen-bond acceptors (Lipinski definition) is 6. The molecule has 0 saturated carbocycles. The number of amides is 2. The molecule has 0 bridgehead atoms. The molecular weight excluding hydrogens is 515 g/mol. The van der Waals surface area contributed by atoms with Crippen molar-refractivity contribution in [2.45, 2.75) is 72.7 Å². The first-order valence-electron chi connectivity index (χ1n) is 14.9. The smallest absolute Gasteiger partial charge is 0.455 e. The van der Waals surface area contributed by atoms with Gasteiger partial charge in [-0.25, -0.2) is 0 Å². The van der Waals surface area contributed by atoms with Gasteiger partial charge in [0.1, 0.15) is 5.75 Å². The zero-order valence-corrected chi connectivity index (χ0v) is 24.8. The molecule has 2 N–H and O–H groups in total.